The second kappa shape index (κ2) is 8.73. The Morgan fingerprint density at radius 1 is 1.21 bits per heavy atom. The van der Waals surface area contributed by atoms with Crippen LogP contribution < -0.4 is 10.0 Å². The first-order valence-corrected chi connectivity index (χ1v) is 11.4. The van der Waals surface area contributed by atoms with Crippen LogP contribution in [0.2, 0.25) is 0 Å². The normalized spacial score (nSPS) is 13.5. The molecule has 1 aromatic heterocycles. The van der Waals surface area contributed by atoms with E-state index in [-0.39, 0.29) is 16.8 Å². The van der Waals surface area contributed by atoms with Gasteiger partial charge in [0.05, 0.1) is 10.9 Å². The number of nitrogens with one attached hydrogen (secondary N) is 2. The number of hydrogen-bond acceptors (Lipinski definition) is 5. The van der Waals surface area contributed by atoms with E-state index in [1.165, 1.54) is 12.1 Å². The molecule has 0 aliphatic heterocycles. The molecule has 2 aromatic rings. The van der Waals surface area contributed by atoms with Gasteiger partial charge in [-0.3, -0.25) is 4.79 Å². The third kappa shape index (κ3) is 5.88. The summed E-state index contributed by atoms with van der Waals surface area (Å²) in [5.41, 5.74) is 0.483. The molecule has 28 heavy (non-hydrogen) atoms. The summed E-state index contributed by atoms with van der Waals surface area (Å²) in [5.74, 6) is -0.284. The molecule has 154 valence electrons. The Balaban J connectivity index is 2.21. The molecular weight excluding hydrogens is 394 g/mol. The fourth-order valence-corrected chi connectivity index (χ4v) is 5.14. The number of thiophene rings is 1. The predicted octanol–water partition coefficient (Wildman–Crippen LogP) is 3.17. The maximum atomic E-state index is 12.8. The van der Waals surface area contributed by atoms with Crippen LogP contribution in [-0.2, 0) is 10.0 Å². The van der Waals surface area contributed by atoms with Gasteiger partial charge in [-0.2, -0.15) is 0 Å². The maximum Gasteiger partial charge on any atom is 0.251 e. The Morgan fingerprint density at radius 2 is 1.89 bits per heavy atom. The fraction of sp³-hybridized carbons (Fsp3) is 0.450. The van der Waals surface area contributed by atoms with Crippen molar-refractivity contribution in [2.75, 3.05) is 20.6 Å². The van der Waals surface area contributed by atoms with Crippen LogP contribution in [0.25, 0.3) is 0 Å². The number of benzene rings is 1. The van der Waals surface area contributed by atoms with Crippen molar-refractivity contribution in [2.24, 2.45) is 0 Å². The Kier molecular flexibility index (Phi) is 7.03. The summed E-state index contributed by atoms with van der Waals surface area (Å²) in [6.07, 6.45) is 0. The molecule has 8 heteroatoms. The molecule has 0 fully saturated rings. The number of hydrogen-bond donors (Lipinski definition) is 2. The summed E-state index contributed by atoms with van der Waals surface area (Å²) in [4.78, 5) is 16.1. The summed E-state index contributed by atoms with van der Waals surface area (Å²) in [6, 6.07) is 8.70. The molecule has 1 unspecified atom stereocenters. The smallest absolute Gasteiger partial charge is 0.251 e. The molecule has 1 heterocycles. The molecule has 0 saturated carbocycles. The van der Waals surface area contributed by atoms with Gasteiger partial charge in [-0.25, -0.2) is 13.1 Å². The van der Waals surface area contributed by atoms with Crippen LogP contribution in [-0.4, -0.2) is 45.4 Å². The van der Waals surface area contributed by atoms with Gasteiger partial charge in [0.25, 0.3) is 5.91 Å². The van der Waals surface area contributed by atoms with E-state index in [9.17, 15) is 13.2 Å². The van der Waals surface area contributed by atoms with Crippen LogP contribution in [0.5, 0.6) is 0 Å². The van der Waals surface area contributed by atoms with E-state index in [0.717, 1.165) is 10.4 Å². The van der Waals surface area contributed by atoms with E-state index < -0.39 is 15.6 Å². The third-order valence-corrected chi connectivity index (χ3v) is 6.88. The number of likely N-dealkylation sites (N-methyl/N-ethyl adjacent to an activating group) is 1. The minimum absolute atomic E-state index is 0.0544. The first-order valence-electron chi connectivity index (χ1n) is 9.03. The number of carbonyl (C=O) groups is 1. The Hall–Kier alpha value is -1.74. The zero-order chi connectivity index (χ0) is 21.1. The second-order valence-corrected chi connectivity index (χ2v) is 10.7. The van der Waals surface area contributed by atoms with Gasteiger partial charge in [0.15, 0.2) is 0 Å². The maximum absolute atomic E-state index is 12.8. The Bertz CT molecular complexity index is 915. The van der Waals surface area contributed by atoms with Crippen LogP contribution in [0.15, 0.2) is 40.6 Å². The number of carbonyl (C=O) groups excluding carboxylic acids is 1. The van der Waals surface area contributed by atoms with Gasteiger partial charge in [0.2, 0.25) is 10.0 Å². The van der Waals surface area contributed by atoms with Gasteiger partial charge in [-0.1, -0.05) is 12.1 Å². The lowest BCUT2D eigenvalue weighted by atomic mass is 10.1. The van der Waals surface area contributed by atoms with Gasteiger partial charge in [-0.05, 0) is 70.9 Å². The number of nitrogens with zero attached hydrogens (tertiary/aromatic N) is 1. The summed E-state index contributed by atoms with van der Waals surface area (Å²) in [6.45, 7) is 7.56. The van der Waals surface area contributed by atoms with E-state index in [0.29, 0.717) is 12.1 Å². The van der Waals surface area contributed by atoms with Crippen LogP contribution in [0.1, 0.15) is 47.6 Å². The highest BCUT2D eigenvalue weighted by Gasteiger charge is 2.24. The zero-order valence-corrected chi connectivity index (χ0v) is 18.9. The molecule has 6 nitrogen and oxygen atoms in total. The number of aryl methyl sites for hydroxylation is 1. The molecule has 2 rings (SSSR count). The van der Waals surface area contributed by atoms with Crippen molar-refractivity contribution >= 4 is 27.3 Å². The van der Waals surface area contributed by atoms with E-state index in [1.807, 2.05) is 36.5 Å². The molecule has 0 aliphatic rings. The highest BCUT2D eigenvalue weighted by Crippen LogP contribution is 2.23. The minimum atomic E-state index is -3.71. The highest BCUT2D eigenvalue weighted by molar-refractivity contribution is 7.89. The quantitative estimate of drug-likeness (QED) is 0.717. The van der Waals surface area contributed by atoms with Gasteiger partial charge < -0.3 is 10.2 Å². The molecule has 0 radical (unpaired) electrons. The fourth-order valence-electron chi connectivity index (χ4n) is 2.78. The molecule has 2 N–H and O–H groups in total. The standard InChI is InChI=1S/C20H29N3O3S2/c1-14-9-10-15(28(25,26)22-20(2,3)4)12-16(14)19(24)21-13-17(23(5)6)18-8-7-11-27-18/h7-12,17,22H,13H2,1-6H3,(H,21,24). The molecular formula is C20H29N3O3S2. The molecule has 1 atom stereocenters. The van der Waals surface area contributed by atoms with E-state index >= 15 is 0 Å². The van der Waals surface area contributed by atoms with Crippen molar-refractivity contribution in [1.29, 1.82) is 0 Å². The molecule has 0 saturated heterocycles. The summed E-state index contributed by atoms with van der Waals surface area (Å²) >= 11 is 1.64. The number of sulfonamides is 1. The lowest BCUT2D eigenvalue weighted by Gasteiger charge is -2.24. The van der Waals surface area contributed by atoms with Gasteiger partial charge in [0, 0.05) is 22.5 Å². The molecule has 0 aliphatic carbocycles. The van der Waals surface area contributed by atoms with E-state index in [1.54, 1.807) is 45.1 Å². The minimum Gasteiger partial charge on any atom is -0.350 e. The molecule has 0 bridgehead atoms. The average Bonchev–Trinajstić information content (AvgIpc) is 3.06. The van der Waals surface area contributed by atoms with Gasteiger partial charge in [0.1, 0.15) is 0 Å². The monoisotopic (exact) mass is 423 g/mol. The molecule has 1 aromatic carbocycles. The van der Waals surface area contributed by atoms with Gasteiger partial charge in [-0.15, -0.1) is 11.3 Å². The molecule has 1 amide bonds. The topological polar surface area (TPSA) is 78.5 Å². The second-order valence-electron chi connectivity index (χ2n) is 8.04. The summed E-state index contributed by atoms with van der Waals surface area (Å²) < 4.78 is 27.8. The van der Waals surface area contributed by atoms with Crippen molar-refractivity contribution in [3.63, 3.8) is 0 Å². The summed E-state index contributed by atoms with van der Waals surface area (Å²) in [5, 5.41) is 4.96. The van der Waals surface area contributed by atoms with Crippen LogP contribution in [0.4, 0.5) is 0 Å². The van der Waals surface area contributed by atoms with Crippen molar-refractivity contribution in [3.05, 3.63) is 51.7 Å². The average molecular weight is 424 g/mol. The van der Waals surface area contributed by atoms with E-state index in [4.69, 9.17) is 0 Å². The lowest BCUT2D eigenvalue weighted by Crippen LogP contribution is -2.40. The first kappa shape index (κ1) is 22.5. The molecule has 0 spiro atoms. The van der Waals surface area contributed by atoms with E-state index in [2.05, 4.69) is 10.0 Å². The summed E-state index contributed by atoms with van der Waals surface area (Å²) in [7, 11) is 0.223. The number of rotatable bonds is 7. The lowest BCUT2D eigenvalue weighted by molar-refractivity contribution is 0.0941. The zero-order valence-electron chi connectivity index (χ0n) is 17.2. The van der Waals surface area contributed by atoms with Gasteiger partial charge >= 0.3 is 0 Å². The SMILES string of the molecule is Cc1ccc(S(=O)(=O)NC(C)(C)C)cc1C(=O)NCC(c1cccs1)N(C)C. The Morgan fingerprint density at radius 3 is 2.43 bits per heavy atom. The largest absolute Gasteiger partial charge is 0.350 e. The van der Waals surface area contributed by atoms with Crippen molar-refractivity contribution in [2.45, 2.75) is 44.2 Å². The van der Waals surface area contributed by atoms with Crippen molar-refractivity contribution < 1.29 is 13.2 Å². The number of amides is 1. The van der Waals surface area contributed by atoms with Crippen LogP contribution in [0.3, 0.4) is 0 Å². The van der Waals surface area contributed by atoms with Crippen molar-refractivity contribution in [1.82, 2.24) is 14.9 Å². The third-order valence-electron chi connectivity index (χ3n) is 4.16. The van der Waals surface area contributed by atoms with Crippen molar-refractivity contribution in [3.8, 4) is 0 Å². The predicted molar refractivity (Wildman–Crippen MR) is 114 cm³/mol. The Labute approximate surface area is 172 Å². The highest BCUT2D eigenvalue weighted by atomic mass is 32.2. The first-order chi connectivity index (χ1) is 12.9. The van der Waals surface area contributed by atoms with Crippen LogP contribution in [0, 0.1) is 6.92 Å². The van der Waals surface area contributed by atoms with Crippen LogP contribution >= 0.6 is 11.3 Å².